The molecule has 5 heteroatoms. The minimum atomic E-state index is -0.910. The highest BCUT2D eigenvalue weighted by molar-refractivity contribution is 5.95. The molecule has 0 saturated carbocycles. The highest BCUT2D eigenvalue weighted by atomic mass is 16.6. The van der Waals surface area contributed by atoms with E-state index in [4.69, 9.17) is 4.74 Å². The van der Waals surface area contributed by atoms with E-state index in [1.54, 1.807) is 26.8 Å². The summed E-state index contributed by atoms with van der Waals surface area (Å²) in [5.74, 6) is -0.414. The molecule has 1 fully saturated rings. The van der Waals surface area contributed by atoms with Crippen molar-refractivity contribution in [2.24, 2.45) is 0 Å². The Kier molecular flexibility index (Phi) is 4.05. The van der Waals surface area contributed by atoms with Crippen molar-refractivity contribution >= 4 is 12.0 Å². The van der Waals surface area contributed by atoms with Gasteiger partial charge in [0.25, 0.3) is 0 Å². The molecule has 1 heterocycles. The number of aliphatic hydroxyl groups excluding tert-OH is 1. The number of ether oxygens (including phenoxy) is 1. The monoisotopic (exact) mass is 291 g/mol. The summed E-state index contributed by atoms with van der Waals surface area (Å²) in [6.07, 6.45) is -1.69. The molecule has 2 atom stereocenters. The second-order valence-corrected chi connectivity index (χ2v) is 6.37. The Morgan fingerprint density at radius 2 is 2.05 bits per heavy atom. The van der Waals surface area contributed by atoms with E-state index in [0.717, 1.165) is 16.0 Å². The smallest absolute Gasteiger partial charge is 0.417 e. The van der Waals surface area contributed by atoms with Crippen molar-refractivity contribution in [1.29, 1.82) is 0 Å². The minimum absolute atomic E-state index is 0.0716. The number of imide groups is 1. The summed E-state index contributed by atoms with van der Waals surface area (Å²) >= 11 is 0. The summed E-state index contributed by atoms with van der Waals surface area (Å²) in [4.78, 5) is 25.3. The van der Waals surface area contributed by atoms with Crippen molar-refractivity contribution in [2.75, 3.05) is 0 Å². The van der Waals surface area contributed by atoms with Crippen LogP contribution in [0.2, 0.25) is 0 Å². The van der Waals surface area contributed by atoms with Gasteiger partial charge in [-0.25, -0.2) is 9.69 Å². The molecule has 0 aliphatic carbocycles. The van der Waals surface area contributed by atoms with E-state index in [1.807, 2.05) is 25.1 Å². The van der Waals surface area contributed by atoms with Crippen molar-refractivity contribution in [3.05, 3.63) is 35.4 Å². The predicted molar refractivity (Wildman–Crippen MR) is 77.6 cm³/mol. The molecule has 2 amide bonds. The van der Waals surface area contributed by atoms with E-state index in [9.17, 15) is 14.7 Å². The van der Waals surface area contributed by atoms with Gasteiger partial charge in [-0.2, -0.15) is 0 Å². The van der Waals surface area contributed by atoms with Crippen LogP contribution in [0.1, 0.15) is 44.4 Å². The van der Waals surface area contributed by atoms with Crippen LogP contribution in [0.5, 0.6) is 0 Å². The van der Waals surface area contributed by atoms with Gasteiger partial charge in [-0.3, -0.25) is 4.79 Å². The zero-order valence-electron chi connectivity index (χ0n) is 12.8. The molecule has 0 aromatic heterocycles. The van der Waals surface area contributed by atoms with Gasteiger partial charge in [-0.15, -0.1) is 0 Å². The molecule has 1 aromatic rings. The van der Waals surface area contributed by atoms with Crippen LogP contribution >= 0.6 is 0 Å². The van der Waals surface area contributed by atoms with Crippen LogP contribution in [0, 0.1) is 6.92 Å². The standard InChI is InChI=1S/C16H21NO4/c1-10-6-5-7-11(8-10)14-12(18)9-13(19)17(14)15(20)21-16(2,3)4/h5-8,12,14,18H,9H2,1-4H3/t12-,14+/m1/s1. The summed E-state index contributed by atoms with van der Waals surface area (Å²) in [7, 11) is 0. The van der Waals surface area contributed by atoms with Gasteiger partial charge in [-0.05, 0) is 33.3 Å². The fraction of sp³-hybridized carbons (Fsp3) is 0.500. The summed E-state index contributed by atoms with van der Waals surface area (Å²) in [5, 5.41) is 10.2. The van der Waals surface area contributed by atoms with E-state index < -0.39 is 29.7 Å². The van der Waals surface area contributed by atoms with Crippen LogP contribution in [0.25, 0.3) is 0 Å². The first-order valence-electron chi connectivity index (χ1n) is 6.99. The molecule has 2 rings (SSSR count). The number of nitrogens with zero attached hydrogens (tertiary/aromatic N) is 1. The average molecular weight is 291 g/mol. The second kappa shape index (κ2) is 5.48. The first kappa shape index (κ1) is 15.5. The van der Waals surface area contributed by atoms with Crippen molar-refractivity contribution in [2.45, 2.75) is 51.9 Å². The van der Waals surface area contributed by atoms with Gasteiger partial charge >= 0.3 is 6.09 Å². The molecule has 0 spiro atoms. The lowest BCUT2D eigenvalue weighted by Gasteiger charge is -2.28. The van der Waals surface area contributed by atoms with E-state index in [2.05, 4.69) is 0 Å². The number of likely N-dealkylation sites (tertiary alicyclic amines) is 1. The largest absolute Gasteiger partial charge is 0.443 e. The molecule has 1 saturated heterocycles. The summed E-state index contributed by atoms with van der Waals surface area (Å²) in [5.41, 5.74) is 1.05. The number of benzene rings is 1. The molecule has 1 aliphatic rings. The first-order valence-corrected chi connectivity index (χ1v) is 6.99. The van der Waals surface area contributed by atoms with E-state index in [0.29, 0.717) is 0 Å². The van der Waals surface area contributed by atoms with Crippen LogP contribution in [0.15, 0.2) is 24.3 Å². The Labute approximate surface area is 124 Å². The van der Waals surface area contributed by atoms with Crippen molar-refractivity contribution in [3.63, 3.8) is 0 Å². The zero-order valence-corrected chi connectivity index (χ0v) is 12.8. The van der Waals surface area contributed by atoms with Gasteiger partial charge in [0.15, 0.2) is 0 Å². The van der Waals surface area contributed by atoms with Gasteiger partial charge in [0.2, 0.25) is 5.91 Å². The van der Waals surface area contributed by atoms with Gasteiger partial charge < -0.3 is 9.84 Å². The quantitative estimate of drug-likeness (QED) is 0.863. The van der Waals surface area contributed by atoms with E-state index in [-0.39, 0.29) is 6.42 Å². The normalized spacial score (nSPS) is 22.5. The highest BCUT2D eigenvalue weighted by Gasteiger charge is 2.45. The van der Waals surface area contributed by atoms with Crippen LogP contribution in [-0.2, 0) is 9.53 Å². The maximum atomic E-state index is 12.3. The lowest BCUT2D eigenvalue weighted by molar-refractivity contribution is -0.128. The molecule has 5 nitrogen and oxygen atoms in total. The second-order valence-electron chi connectivity index (χ2n) is 6.37. The third-order valence-electron chi connectivity index (χ3n) is 3.27. The van der Waals surface area contributed by atoms with Gasteiger partial charge in [0.1, 0.15) is 5.60 Å². The van der Waals surface area contributed by atoms with Gasteiger partial charge in [-0.1, -0.05) is 29.8 Å². The molecule has 21 heavy (non-hydrogen) atoms. The van der Waals surface area contributed by atoms with Gasteiger partial charge in [0.05, 0.1) is 18.6 Å². The van der Waals surface area contributed by atoms with Crippen molar-refractivity contribution < 1.29 is 19.4 Å². The lowest BCUT2D eigenvalue weighted by atomic mass is 10.0. The Hall–Kier alpha value is -1.88. The first-order chi connectivity index (χ1) is 9.69. The SMILES string of the molecule is Cc1cccc([C@H]2[C@H](O)CC(=O)N2C(=O)OC(C)(C)C)c1. The molecule has 1 N–H and O–H groups in total. The third kappa shape index (κ3) is 3.42. The van der Waals surface area contributed by atoms with Crippen LogP contribution in [-0.4, -0.2) is 33.7 Å². The number of rotatable bonds is 1. The van der Waals surface area contributed by atoms with E-state index >= 15 is 0 Å². The predicted octanol–water partition coefficient (Wildman–Crippen LogP) is 2.56. The number of carbonyl (C=O) groups is 2. The average Bonchev–Trinajstić information content (AvgIpc) is 2.62. The molecular formula is C16H21NO4. The molecule has 1 aromatic carbocycles. The summed E-state index contributed by atoms with van der Waals surface area (Å²) < 4.78 is 5.28. The molecule has 0 bridgehead atoms. The maximum Gasteiger partial charge on any atom is 0.417 e. The Bertz CT molecular complexity index is 562. The number of aliphatic hydroxyl groups is 1. The number of carbonyl (C=O) groups excluding carboxylic acids is 2. The van der Waals surface area contributed by atoms with Crippen LogP contribution < -0.4 is 0 Å². The Morgan fingerprint density at radius 1 is 1.38 bits per heavy atom. The molecule has 0 radical (unpaired) electrons. The van der Waals surface area contributed by atoms with Crippen molar-refractivity contribution in [1.82, 2.24) is 4.90 Å². The summed E-state index contributed by atoms with van der Waals surface area (Å²) in [6, 6.07) is 6.74. The topological polar surface area (TPSA) is 66.8 Å². The van der Waals surface area contributed by atoms with Crippen molar-refractivity contribution in [3.8, 4) is 0 Å². The molecule has 1 aliphatic heterocycles. The zero-order chi connectivity index (χ0) is 15.8. The highest BCUT2D eigenvalue weighted by Crippen LogP contribution is 2.34. The van der Waals surface area contributed by atoms with E-state index in [1.165, 1.54) is 0 Å². The number of amides is 2. The van der Waals surface area contributed by atoms with Crippen LogP contribution in [0.3, 0.4) is 0 Å². The number of aryl methyl sites for hydroxylation is 1. The number of hydrogen-bond acceptors (Lipinski definition) is 4. The molecule has 114 valence electrons. The fourth-order valence-corrected chi connectivity index (χ4v) is 2.47. The maximum absolute atomic E-state index is 12.3. The Morgan fingerprint density at radius 3 is 2.62 bits per heavy atom. The lowest BCUT2D eigenvalue weighted by Crippen LogP contribution is -2.40. The molecule has 0 unspecified atom stereocenters. The van der Waals surface area contributed by atoms with Crippen LogP contribution in [0.4, 0.5) is 4.79 Å². The Balaban J connectivity index is 2.33. The minimum Gasteiger partial charge on any atom is -0.443 e. The van der Waals surface area contributed by atoms with Gasteiger partial charge in [0, 0.05) is 0 Å². The third-order valence-corrected chi connectivity index (χ3v) is 3.27. The molecular weight excluding hydrogens is 270 g/mol. The fourth-order valence-electron chi connectivity index (χ4n) is 2.47. The summed E-state index contributed by atoms with van der Waals surface area (Å²) in [6.45, 7) is 7.14. The number of hydrogen-bond donors (Lipinski definition) is 1.